The van der Waals surface area contributed by atoms with Gasteiger partial charge in [0.15, 0.2) is 0 Å². The van der Waals surface area contributed by atoms with E-state index in [0.29, 0.717) is 11.5 Å². The fraction of sp³-hybridized carbons (Fsp3) is 0.111. The molecule has 2 N–H and O–H groups in total. The molecule has 0 aromatic carbocycles. The first-order chi connectivity index (χ1) is 6.13. The number of aryl methyl sites for hydroxylation is 1. The zero-order valence-corrected chi connectivity index (χ0v) is 7.07. The van der Waals surface area contributed by atoms with E-state index in [0.717, 1.165) is 0 Å². The monoisotopic (exact) mass is 176 g/mol. The van der Waals surface area contributed by atoms with Crippen molar-refractivity contribution in [1.29, 1.82) is 5.26 Å². The number of furan rings is 1. The molecule has 1 rings (SSSR count). The average molecular weight is 176 g/mol. The number of amides is 1. The summed E-state index contributed by atoms with van der Waals surface area (Å²) in [6.45, 7) is 1.77. The molecule has 1 aromatic rings. The lowest BCUT2D eigenvalue weighted by Crippen LogP contribution is -2.12. The molecule has 1 heterocycles. The maximum atomic E-state index is 10.6. The van der Waals surface area contributed by atoms with Crippen LogP contribution in [-0.4, -0.2) is 5.91 Å². The molecular formula is C9H8N2O2. The molecule has 0 saturated heterocycles. The molecule has 0 atom stereocenters. The first-order valence-electron chi connectivity index (χ1n) is 3.61. The average Bonchev–Trinajstić information content (AvgIpc) is 2.46. The van der Waals surface area contributed by atoms with Crippen molar-refractivity contribution in [2.75, 3.05) is 0 Å². The third-order valence-electron chi connectivity index (χ3n) is 1.43. The van der Waals surface area contributed by atoms with Gasteiger partial charge < -0.3 is 10.2 Å². The molecule has 1 aromatic heterocycles. The van der Waals surface area contributed by atoms with Crippen molar-refractivity contribution in [3.8, 4) is 6.07 Å². The van der Waals surface area contributed by atoms with Gasteiger partial charge in [0, 0.05) is 6.08 Å². The van der Waals surface area contributed by atoms with Crippen LogP contribution in [0.3, 0.4) is 0 Å². The minimum atomic E-state index is -0.753. The van der Waals surface area contributed by atoms with Crippen LogP contribution in [0, 0.1) is 18.3 Å². The van der Waals surface area contributed by atoms with Crippen LogP contribution in [0.2, 0.25) is 0 Å². The van der Waals surface area contributed by atoms with Crippen LogP contribution in [0.15, 0.2) is 22.1 Å². The lowest BCUT2D eigenvalue weighted by atomic mass is 10.2. The molecule has 0 aliphatic rings. The molecule has 0 saturated carbocycles. The summed E-state index contributed by atoms with van der Waals surface area (Å²) in [5.74, 6) is 0.414. The molecule has 0 bridgehead atoms. The van der Waals surface area contributed by atoms with Gasteiger partial charge in [-0.05, 0) is 19.1 Å². The molecular weight excluding hydrogens is 168 g/mol. The smallest absolute Gasteiger partial charge is 0.259 e. The minimum Gasteiger partial charge on any atom is -0.462 e. The highest BCUT2D eigenvalue weighted by atomic mass is 16.3. The fourth-order valence-corrected chi connectivity index (χ4v) is 0.832. The van der Waals surface area contributed by atoms with Crippen molar-refractivity contribution in [2.24, 2.45) is 5.73 Å². The molecule has 0 fully saturated rings. The Hall–Kier alpha value is -2.02. The Balaban J connectivity index is 3.00. The van der Waals surface area contributed by atoms with E-state index in [1.807, 2.05) is 0 Å². The summed E-state index contributed by atoms with van der Waals surface area (Å²) < 4.78 is 5.13. The van der Waals surface area contributed by atoms with Gasteiger partial charge in [-0.1, -0.05) is 0 Å². The topological polar surface area (TPSA) is 80.0 Å². The summed E-state index contributed by atoms with van der Waals surface area (Å²) in [6, 6.07) is 5.09. The van der Waals surface area contributed by atoms with Gasteiger partial charge in [0.2, 0.25) is 0 Å². The van der Waals surface area contributed by atoms with Crippen LogP contribution >= 0.6 is 0 Å². The van der Waals surface area contributed by atoms with E-state index in [1.165, 1.54) is 6.08 Å². The number of hydrogen-bond donors (Lipinski definition) is 1. The van der Waals surface area contributed by atoms with E-state index in [9.17, 15) is 4.79 Å². The van der Waals surface area contributed by atoms with Gasteiger partial charge in [-0.25, -0.2) is 0 Å². The summed E-state index contributed by atoms with van der Waals surface area (Å²) in [5.41, 5.74) is 4.81. The highest BCUT2D eigenvalue weighted by molar-refractivity contribution is 6.00. The Morgan fingerprint density at radius 3 is 2.77 bits per heavy atom. The number of rotatable bonds is 2. The van der Waals surface area contributed by atoms with Crippen molar-refractivity contribution in [3.63, 3.8) is 0 Å². The van der Waals surface area contributed by atoms with E-state index in [-0.39, 0.29) is 5.57 Å². The van der Waals surface area contributed by atoms with Gasteiger partial charge in [-0.15, -0.1) is 0 Å². The highest BCUT2D eigenvalue weighted by Gasteiger charge is 2.04. The number of hydrogen-bond acceptors (Lipinski definition) is 3. The first kappa shape index (κ1) is 9.07. The highest BCUT2D eigenvalue weighted by Crippen LogP contribution is 2.10. The Morgan fingerprint density at radius 1 is 1.69 bits per heavy atom. The van der Waals surface area contributed by atoms with Gasteiger partial charge in [-0.3, -0.25) is 4.79 Å². The standard InChI is InChI=1S/C9H8N2O2/c1-6-2-3-8(13-6)4-7(5-10)9(11)12/h2-4H,1H3,(H2,11,12)/b7-4+. The SMILES string of the molecule is Cc1ccc(/C=C(\C#N)C(N)=O)o1. The summed E-state index contributed by atoms with van der Waals surface area (Å²) in [7, 11) is 0. The van der Waals surface area contributed by atoms with E-state index in [2.05, 4.69) is 0 Å². The predicted molar refractivity (Wildman–Crippen MR) is 46.2 cm³/mol. The predicted octanol–water partition coefficient (Wildman–Crippen LogP) is 0.980. The van der Waals surface area contributed by atoms with Crippen molar-refractivity contribution in [2.45, 2.75) is 6.92 Å². The second-order valence-corrected chi connectivity index (χ2v) is 2.48. The van der Waals surface area contributed by atoms with Crippen molar-refractivity contribution in [1.82, 2.24) is 0 Å². The van der Waals surface area contributed by atoms with Crippen LogP contribution in [0.5, 0.6) is 0 Å². The third kappa shape index (κ3) is 2.20. The van der Waals surface area contributed by atoms with E-state index < -0.39 is 5.91 Å². The zero-order chi connectivity index (χ0) is 9.84. The Kier molecular flexibility index (Phi) is 2.50. The van der Waals surface area contributed by atoms with Gasteiger partial charge in [-0.2, -0.15) is 5.26 Å². The van der Waals surface area contributed by atoms with Crippen molar-refractivity contribution < 1.29 is 9.21 Å². The van der Waals surface area contributed by atoms with E-state index in [1.54, 1.807) is 25.1 Å². The molecule has 0 radical (unpaired) electrons. The van der Waals surface area contributed by atoms with E-state index >= 15 is 0 Å². The molecule has 0 unspecified atom stereocenters. The number of nitrogens with two attached hydrogens (primary N) is 1. The maximum absolute atomic E-state index is 10.6. The van der Waals surface area contributed by atoms with Crippen molar-refractivity contribution >= 4 is 12.0 Å². The van der Waals surface area contributed by atoms with E-state index in [4.69, 9.17) is 15.4 Å². The van der Waals surface area contributed by atoms with Crippen LogP contribution < -0.4 is 5.73 Å². The molecule has 0 spiro atoms. The van der Waals surface area contributed by atoms with Crippen LogP contribution in [0.25, 0.3) is 6.08 Å². The number of nitrogens with zero attached hydrogens (tertiary/aromatic N) is 1. The largest absolute Gasteiger partial charge is 0.462 e. The molecule has 0 aliphatic carbocycles. The molecule has 4 nitrogen and oxygen atoms in total. The molecule has 13 heavy (non-hydrogen) atoms. The summed E-state index contributed by atoms with van der Waals surface area (Å²) in [6.07, 6.45) is 1.31. The number of carbonyl (C=O) groups excluding carboxylic acids is 1. The lowest BCUT2D eigenvalue weighted by molar-refractivity contribution is -0.114. The second kappa shape index (κ2) is 3.59. The lowest BCUT2D eigenvalue weighted by Gasteiger charge is -1.88. The zero-order valence-electron chi connectivity index (χ0n) is 7.07. The van der Waals surface area contributed by atoms with Gasteiger partial charge >= 0.3 is 0 Å². The quantitative estimate of drug-likeness (QED) is 0.538. The minimum absolute atomic E-state index is 0.116. The summed E-state index contributed by atoms with van der Waals surface area (Å²) in [5, 5.41) is 8.50. The number of carbonyl (C=O) groups is 1. The Morgan fingerprint density at radius 2 is 2.38 bits per heavy atom. The molecule has 1 amide bonds. The first-order valence-corrected chi connectivity index (χ1v) is 3.61. The normalized spacial score (nSPS) is 10.9. The summed E-state index contributed by atoms with van der Waals surface area (Å²) >= 11 is 0. The Bertz CT molecular complexity index is 396. The van der Waals surface area contributed by atoms with Gasteiger partial charge in [0.1, 0.15) is 23.2 Å². The second-order valence-electron chi connectivity index (χ2n) is 2.48. The Labute approximate surface area is 75.3 Å². The molecule has 4 heteroatoms. The van der Waals surface area contributed by atoms with Crippen molar-refractivity contribution in [3.05, 3.63) is 29.2 Å². The van der Waals surface area contributed by atoms with Gasteiger partial charge in [0.05, 0.1) is 0 Å². The van der Waals surface area contributed by atoms with Gasteiger partial charge in [0.25, 0.3) is 5.91 Å². The van der Waals surface area contributed by atoms with Crippen LogP contribution in [0.4, 0.5) is 0 Å². The third-order valence-corrected chi connectivity index (χ3v) is 1.43. The maximum Gasteiger partial charge on any atom is 0.259 e. The number of primary amides is 1. The molecule has 0 aliphatic heterocycles. The van der Waals surface area contributed by atoms with Crippen LogP contribution in [-0.2, 0) is 4.79 Å². The summed E-state index contributed by atoms with van der Waals surface area (Å²) in [4.78, 5) is 10.6. The fourth-order valence-electron chi connectivity index (χ4n) is 0.832. The van der Waals surface area contributed by atoms with Crippen LogP contribution in [0.1, 0.15) is 11.5 Å². The molecule has 66 valence electrons. The number of nitriles is 1.